The lowest BCUT2D eigenvalue weighted by molar-refractivity contribution is -0.384. The van der Waals surface area contributed by atoms with Gasteiger partial charge in [0.15, 0.2) is 11.5 Å². The van der Waals surface area contributed by atoms with Crippen LogP contribution in [0.1, 0.15) is 36.8 Å². The standard InChI is InChI=1S/C23H22BrN3O5/c1-31-21-11-16(10-17(13-25)23(28)26-18-4-2-3-5-18)20(24)12-22(21)32-14-15-6-8-19(9-7-15)27(29)30/h6-12,18H,2-5,14H2,1H3,(H,26,28)/b17-10-. The highest BCUT2D eigenvalue weighted by Crippen LogP contribution is 2.35. The summed E-state index contributed by atoms with van der Waals surface area (Å²) in [4.78, 5) is 22.8. The summed E-state index contributed by atoms with van der Waals surface area (Å²) < 4.78 is 11.9. The number of carbonyl (C=O) groups excluding carboxylic acids is 1. The first kappa shape index (κ1) is 23.3. The van der Waals surface area contributed by atoms with Crippen molar-refractivity contribution in [2.75, 3.05) is 7.11 Å². The predicted molar refractivity (Wildman–Crippen MR) is 122 cm³/mol. The number of methoxy groups -OCH3 is 1. The zero-order chi connectivity index (χ0) is 23.1. The van der Waals surface area contributed by atoms with E-state index in [4.69, 9.17) is 9.47 Å². The fourth-order valence-corrected chi connectivity index (χ4v) is 3.88. The van der Waals surface area contributed by atoms with E-state index < -0.39 is 4.92 Å². The van der Waals surface area contributed by atoms with Gasteiger partial charge in [-0.15, -0.1) is 0 Å². The Hall–Kier alpha value is -3.38. The van der Waals surface area contributed by atoms with Gasteiger partial charge in [0, 0.05) is 22.6 Å². The zero-order valence-electron chi connectivity index (χ0n) is 17.5. The number of nitro groups is 1. The van der Waals surface area contributed by atoms with Crippen molar-refractivity contribution >= 4 is 33.6 Å². The number of benzene rings is 2. The maximum absolute atomic E-state index is 12.5. The van der Waals surface area contributed by atoms with Crippen molar-refractivity contribution in [3.63, 3.8) is 0 Å². The van der Waals surface area contributed by atoms with E-state index in [2.05, 4.69) is 21.2 Å². The third-order valence-electron chi connectivity index (χ3n) is 5.18. The maximum atomic E-state index is 12.5. The number of nitrogens with zero attached hydrogens (tertiary/aromatic N) is 2. The van der Waals surface area contributed by atoms with Crippen LogP contribution in [0.25, 0.3) is 6.08 Å². The lowest BCUT2D eigenvalue weighted by Crippen LogP contribution is -2.33. The van der Waals surface area contributed by atoms with Crippen LogP contribution in [0.15, 0.2) is 46.4 Å². The Morgan fingerprint density at radius 1 is 1.28 bits per heavy atom. The van der Waals surface area contributed by atoms with Crippen molar-refractivity contribution in [3.05, 3.63) is 67.7 Å². The predicted octanol–water partition coefficient (Wildman–Crippen LogP) is 4.91. The van der Waals surface area contributed by atoms with Gasteiger partial charge in [-0.25, -0.2) is 0 Å². The first-order valence-corrected chi connectivity index (χ1v) is 10.9. The number of halogens is 1. The average Bonchev–Trinajstić information content (AvgIpc) is 3.30. The van der Waals surface area contributed by atoms with Crippen LogP contribution in [0.4, 0.5) is 5.69 Å². The number of non-ortho nitro benzene ring substituents is 1. The van der Waals surface area contributed by atoms with E-state index in [9.17, 15) is 20.2 Å². The molecule has 0 aromatic heterocycles. The highest BCUT2D eigenvalue weighted by molar-refractivity contribution is 9.10. The molecule has 3 rings (SSSR count). The minimum Gasteiger partial charge on any atom is -0.493 e. The Bertz CT molecular complexity index is 1070. The Morgan fingerprint density at radius 2 is 1.97 bits per heavy atom. The molecule has 0 spiro atoms. The SMILES string of the molecule is COc1cc(/C=C(/C#N)C(=O)NC2CCCC2)c(Br)cc1OCc1ccc([N+](=O)[O-])cc1. The van der Waals surface area contributed by atoms with Crippen molar-refractivity contribution in [3.8, 4) is 17.6 Å². The monoisotopic (exact) mass is 499 g/mol. The fraction of sp³-hybridized carbons (Fsp3) is 0.304. The summed E-state index contributed by atoms with van der Waals surface area (Å²) in [6, 6.07) is 11.5. The first-order valence-electron chi connectivity index (χ1n) is 10.1. The van der Waals surface area contributed by atoms with Crippen LogP contribution >= 0.6 is 15.9 Å². The van der Waals surface area contributed by atoms with Crippen LogP contribution in [0.2, 0.25) is 0 Å². The van der Waals surface area contributed by atoms with Crippen molar-refractivity contribution in [1.82, 2.24) is 5.32 Å². The number of nitro benzene ring substituents is 1. The molecule has 1 aliphatic rings. The molecule has 166 valence electrons. The smallest absolute Gasteiger partial charge is 0.269 e. The van der Waals surface area contributed by atoms with Gasteiger partial charge in [0.25, 0.3) is 11.6 Å². The van der Waals surface area contributed by atoms with Crippen LogP contribution in [-0.2, 0) is 11.4 Å². The molecule has 1 fully saturated rings. The third kappa shape index (κ3) is 5.86. The van der Waals surface area contributed by atoms with E-state index in [0.717, 1.165) is 31.2 Å². The number of ether oxygens (including phenoxy) is 2. The molecule has 1 aliphatic carbocycles. The third-order valence-corrected chi connectivity index (χ3v) is 5.87. The molecule has 0 aliphatic heterocycles. The van der Waals surface area contributed by atoms with Gasteiger partial charge in [0.05, 0.1) is 12.0 Å². The summed E-state index contributed by atoms with van der Waals surface area (Å²) in [5, 5.41) is 23.2. The van der Waals surface area contributed by atoms with Gasteiger partial charge in [-0.1, -0.05) is 28.8 Å². The second kappa shape index (κ2) is 10.8. The van der Waals surface area contributed by atoms with Crippen LogP contribution in [-0.4, -0.2) is 24.0 Å². The van der Waals surface area contributed by atoms with Crippen LogP contribution < -0.4 is 14.8 Å². The maximum Gasteiger partial charge on any atom is 0.269 e. The molecular formula is C23H22BrN3O5. The molecule has 0 saturated heterocycles. The van der Waals surface area contributed by atoms with Gasteiger partial charge >= 0.3 is 0 Å². The second-order valence-electron chi connectivity index (χ2n) is 7.36. The number of rotatable bonds is 8. The molecule has 0 radical (unpaired) electrons. The van der Waals surface area contributed by atoms with E-state index in [1.54, 1.807) is 24.3 Å². The Balaban J connectivity index is 1.76. The number of carbonyl (C=O) groups is 1. The molecule has 1 amide bonds. The largest absolute Gasteiger partial charge is 0.493 e. The minimum absolute atomic E-state index is 0.00970. The molecule has 8 nitrogen and oxygen atoms in total. The van der Waals surface area contributed by atoms with E-state index >= 15 is 0 Å². The van der Waals surface area contributed by atoms with E-state index in [-0.39, 0.29) is 29.8 Å². The molecule has 0 unspecified atom stereocenters. The van der Waals surface area contributed by atoms with Gasteiger partial charge in [-0.3, -0.25) is 14.9 Å². The summed E-state index contributed by atoms with van der Waals surface area (Å²) in [6.07, 6.45) is 5.55. The lowest BCUT2D eigenvalue weighted by atomic mass is 10.1. The molecule has 9 heteroatoms. The quantitative estimate of drug-likeness (QED) is 0.238. The first-order chi connectivity index (χ1) is 15.4. The van der Waals surface area contributed by atoms with Gasteiger partial charge in [0.1, 0.15) is 18.2 Å². The lowest BCUT2D eigenvalue weighted by Gasteiger charge is -2.14. The molecule has 0 atom stereocenters. The number of hydrogen-bond acceptors (Lipinski definition) is 6. The van der Waals surface area contributed by atoms with Crippen LogP contribution in [0.3, 0.4) is 0 Å². The molecular weight excluding hydrogens is 478 g/mol. The van der Waals surface area contributed by atoms with E-state index in [0.29, 0.717) is 21.5 Å². The van der Waals surface area contributed by atoms with Crippen LogP contribution in [0, 0.1) is 21.4 Å². The topological polar surface area (TPSA) is 114 Å². The molecule has 2 aromatic rings. The number of nitrogens with one attached hydrogen (secondary N) is 1. The van der Waals surface area contributed by atoms with Gasteiger partial charge < -0.3 is 14.8 Å². The number of nitriles is 1. The molecule has 0 bridgehead atoms. The summed E-state index contributed by atoms with van der Waals surface area (Å²) in [6.45, 7) is 0.184. The number of hydrogen-bond donors (Lipinski definition) is 1. The average molecular weight is 500 g/mol. The minimum atomic E-state index is -0.458. The Morgan fingerprint density at radius 3 is 2.56 bits per heavy atom. The summed E-state index contributed by atoms with van der Waals surface area (Å²) >= 11 is 3.46. The molecule has 2 aromatic carbocycles. The Labute approximate surface area is 194 Å². The highest BCUT2D eigenvalue weighted by atomic mass is 79.9. The second-order valence-corrected chi connectivity index (χ2v) is 8.22. The molecule has 32 heavy (non-hydrogen) atoms. The van der Waals surface area contributed by atoms with Crippen molar-refractivity contribution in [1.29, 1.82) is 5.26 Å². The summed E-state index contributed by atoms with van der Waals surface area (Å²) in [5.74, 6) is 0.488. The van der Waals surface area contributed by atoms with Crippen molar-refractivity contribution < 1.29 is 19.2 Å². The zero-order valence-corrected chi connectivity index (χ0v) is 19.1. The molecule has 1 N–H and O–H groups in total. The summed E-state index contributed by atoms with van der Waals surface area (Å²) in [7, 11) is 1.49. The summed E-state index contributed by atoms with van der Waals surface area (Å²) in [5.41, 5.74) is 1.38. The van der Waals surface area contributed by atoms with Crippen LogP contribution in [0.5, 0.6) is 11.5 Å². The van der Waals surface area contributed by atoms with E-state index in [1.165, 1.54) is 25.3 Å². The molecule has 0 heterocycles. The van der Waals surface area contributed by atoms with E-state index in [1.807, 2.05) is 6.07 Å². The number of amides is 1. The van der Waals surface area contributed by atoms with Gasteiger partial charge in [-0.2, -0.15) is 5.26 Å². The van der Waals surface area contributed by atoms with Gasteiger partial charge in [0.2, 0.25) is 0 Å². The van der Waals surface area contributed by atoms with Gasteiger partial charge in [-0.05, 0) is 54.3 Å². The highest BCUT2D eigenvalue weighted by Gasteiger charge is 2.20. The fourth-order valence-electron chi connectivity index (χ4n) is 3.45. The molecule has 1 saturated carbocycles. The van der Waals surface area contributed by atoms with Crippen molar-refractivity contribution in [2.24, 2.45) is 0 Å². The van der Waals surface area contributed by atoms with Crippen molar-refractivity contribution in [2.45, 2.75) is 38.3 Å². The normalized spacial score (nSPS) is 14.0. The Kier molecular flexibility index (Phi) is 7.84.